The van der Waals surface area contributed by atoms with Crippen LogP contribution in [0.25, 0.3) is 11.3 Å². The predicted molar refractivity (Wildman–Crippen MR) is 61.3 cm³/mol. The molecule has 0 fully saturated rings. The lowest BCUT2D eigenvalue weighted by atomic mass is 10.1. The maximum Gasteiger partial charge on any atom is 0.374 e. The van der Waals surface area contributed by atoms with Crippen LogP contribution in [-0.2, 0) is 0 Å². The van der Waals surface area contributed by atoms with Gasteiger partial charge in [0.2, 0.25) is 5.76 Å². The van der Waals surface area contributed by atoms with Gasteiger partial charge in [-0.15, -0.1) is 0 Å². The van der Waals surface area contributed by atoms with E-state index in [0.717, 1.165) is 15.6 Å². The van der Waals surface area contributed by atoms with Gasteiger partial charge < -0.3 is 9.63 Å². The summed E-state index contributed by atoms with van der Waals surface area (Å²) in [5.74, 6) is -1.27. The van der Waals surface area contributed by atoms with Gasteiger partial charge in [-0.25, -0.2) is 4.79 Å². The molecule has 0 amide bonds. The first-order valence-electron chi connectivity index (χ1n) is 4.54. The van der Waals surface area contributed by atoms with Gasteiger partial charge in [-0.1, -0.05) is 27.2 Å². The quantitative estimate of drug-likeness (QED) is 0.919. The van der Waals surface area contributed by atoms with Crippen molar-refractivity contribution in [3.63, 3.8) is 0 Å². The third kappa shape index (κ3) is 1.99. The van der Waals surface area contributed by atoms with E-state index in [1.165, 1.54) is 6.07 Å². The summed E-state index contributed by atoms with van der Waals surface area (Å²) >= 11 is 3.36. The fraction of sp³-hybridized carbons (Fsp3) is 0.0909. The van der Waals surface area contributed by atoms with E-state index in [1.54, 1.807) is 0 Å². The van der Waals surface area contributed by atoms with E-state index >= 15 is 0 Å². The lowest BCUT2D eigenvalue weighted by molar-refractivity contribution is 0.0652. The van der Waals surface area contributed by atoms with Gasteiger partial charge in [0.15, 0.2) is 0 Å². The highest BCUT2D eigenvalue weighted by atomic mass is 79.9. The lowest BCUT2D eigenvalue weighted by Crippen LogP contribution is -1.91. The van der Waals surface area contributed by atoms with Crippen molar-refractivity contribution in [2.75, 3.05) is 0 Å². The van der Waals surface area contributed by atoms with E-state index in [4.69, 9.17) is 9.63 Å². The average Bonchev–Trinajstić information content (AvgIpc) is 2.66. The minimum Gasteiger partial charge on any atom is -0.475 e. The van der Waals surface area contributed by atoms with Crippen molar-refractivity contribution in [3.05, 3.63) is 40.1 Å². The summed E-state index contributed by atoms with van der Waals surface area (Å²) in [5.41, 5.74) is 2.39. The molecule has 0 unspecified atom stereocenters. The number of hydrogen-bond donors (Lipinski definition) is 1. The number of aromatic carboxylic acids is 1. The van der Waals surface area contributed by atoms with Crippen LogP contribution >= 0.6 is 15.9 Å². The first kappa shape index (κ1) is 10.9. The molecule has 0 aliphatic rings. The number of carboxylic acid groups (broad SMARTS) is 1. The summed E-state index contributed by atoms with van der Waals surface area (Å²) in [6, 6.07) is 7.09. The Balaban J connectivity index is 2.46. The van der Waals surface area contributed by atoms with Crippen LogP contribution in [0.2, 0.25) is 0 Å². The molecule has 82 valence electrons. The molecule has 0 radical (unpaired) electrons. The highest BCUT2D eigenvalue weighted by molar-refractivity contribution is 9.10. The highest BCUT2D eigenvalue weighted by Gasteiger charge is 2.13. The Morgan fingerprint density at radius 3 is 2.75 bits per heavy atom. The SMILES string of the molecule is Cc1cc(Br)ccc1-c1cc(C(=O)O)on1. The number of rotatable bonds is 2. The van der Waals surface area contributed by atoms with E-state index in [2.05, 4.69) is 21.1 Å². The molecule has 0 aliphatic heterocycles. The lowest BCUT2D eigenvalue weighted by Gasteiger charge is -2.01. The van der Waals surface area contributed by atoms with Crippen LogP contribution in [0.15, 0.2) is 33.3 Å². The zero-order valence-electron chi connectivity index (χ0n) is 8.40. The Kier molecular flexibility index (Phi) is 2.78. The fourth-order valence-corrected chi connectivity index (χ4v) is 1.89. The summed E-state index contributed by atoms with van der Waals surface area (Å²) < 4.78 is 5.67. The molecular formula is C11H8BrNO3. The maximum atomic E-state index is 10.6. The number of carboxylic acids is 1. The van der Waals surface area contributed by atoms with Gasteiger partial charge in [-0.2, -0.15) is 0 Å². The average molecular weight is 282 g/mol. The summed E-state index contributed by atoms with van der Waals surface area (Å²) in [6.07, 6.45) is 0. The Bertz CT molecular complexity index is 548. The Hall–Kier alpha value is -1.62. The molecule has 1 N–H and O–H groups in total. The second-order valence-electron chi connectivity index (χ2n) is 3.34. The maximum absolute atomic E-state index is 10.6. The van der Waals surface area contributed by atoms with Crippen molar-refractivity contribution >= 4 is 21.9 Å². The predicted octanol–water partition coefficient (Wildman–Crippen LogP) is 3.11. The largest absolute Gasteiger partial charge is 0.475 e. The number of aromatic nitrogens is 1. The molecule has 0 atom stereocenters. The van der Waals surface area contributed by atoms with Crippen LogP contribution in [0.5, 0.6) is 0 Å². The van der Waals surface area contributed by atoms with Crippen LogP contribution < -0.4 is 0 Å². The molecule has 16 heavy (non-hydrogen) atoms. The molecule has 2 aromatic rings. The minimum absolute atomic E-state index is 0.155. The number of aryl methyl sites for hydroxylation is 1. The minimum atomic E-state index is -1.12. The molecule has 0 saturated carbocycles. The second-order valence-corrected chi connectivity index (χ2v) is 4.26. The fourth-order valence-electron chi connectivity index (χ4n) is 1.42. The summed E-state index contributed by atoms with van der Waals surface area (Å²) in [5, 5.41) is 12.4. The van der Waals surface area contributed by atoms with E-state index < -0.39 is 5.97 Å². The van der Waals surface area contributed by atoms with Gasteiger partial charge in [0.25, 0.3) is 0 Å². The number of carbonyl (C=O) groups is 1. The van der Waals surface area contributed by atoms with E-state index in [-0.39, 0.29) is 5.76 Å². The molecule has 0 saturated heterocycles. The summed E-state index contributed by atoms with van der Waals surface area (Å²) in [7, 11) is 0. The topological polar surface area (TPSA) is 63.3 Å². The van der Waals surface area contributed by atoms with Crippen molar-refractivity contribution in [1.29, 1.82) is 0 Å². The van der Waals surface area contributed by atoms with Gasteiger partial charge in [0.1, 0.15) is 5.69 Å². The molecule has 4 nitrogen and oxygen atoms in total. The third-order valence-corrected chi connectivity index (χ3v) is 2.68. The third-order valence-electron chi connectivity index (χ3n) is 2.19. The van der Waals surface area contributed by atoms with E-state index in [9.17, 15) is 4.79 Å². The number of benzene rings is 1. The number of halogens is 1. The molecule has 1 aromatic carbocycles. The van der Waals surface area contributed by atoms with Crippen molar-refractivity contribution < 1.29 is 14.4 Å². The van der Waals surface area contributed by atoms with E-state index in [0.29, 0.717) is 5.69 Å². The van der Waals surface area contributed by atoms with Gasteiger partial charge in [-0.3, -0.25) is 0 Å². The van der Waals surface area contributed by atoms with Gasteiger partial charge in [0.05, 0.1) is 0 Å². The molecule has 5 heteroatoms. The molecule has 1 heterocycles. The van der Waals surface area contributed by atoms with Crippen LogP contribution in [0.1, 0.15) is 16.1 Å². The Morgan fingerprint density at radius 2 is 2.19 bits per heavy atom. The zero-order chi connectivity index (χ0) is 11.7. The smallest absolute Gasteiger partial charge is 0.374 e. The Labute approximate surface area is 100 Å². The van der Waals surface area contributed by atoms with Crippen molar-refractivity contribution in [1.82, 2.24) is 5.16 Å². The normalized spacial score (nSPS) is 10.4. The van der Waals surface area contributed by atoms with Gasteiger partial charge >= 0.3 is 5.97 Å². The van der Waals surface area contributed by atoms with Crippen LogP contribution in [0, 0.1) is 6.92 Å². The standard InChI is InChI=1S/C11H8BrNO3/c1-6-4-7(12)2-3-8(6)9-5-10(11(14)15)16-13-9/h2-5H,1H3,(H,14,15). The van der Waals surface area contributed by atoms with E-state index in [1.807, 2.05) is 25.1 Å². The van der Waals surface area contributed by atoms with Crippen LogP contribution in [-0.4, -0.2) is 16.2 Å². The van der Waals surface area contributed by atoms with Gasteiger partial charge in [0, 0.05) is 16.1 Å². The zero-order valence-corrected chi connectivity index (χ0v) is 9.98. The van der Waals surface area contributed by atoms with Crippen molar-refractivity contribution in [3.8, 4) is 11.3 Å². The molecule has 2 rings (SSSR count). The van der Waals surface area contributed by atoms with Gasteiger partial charge in [-0.05, 0) is 24.6 Å². The number of hydrogen-bond acceptors (Lipinski definition) is 3. The second kappa shape index (κ2) is 4.09. The molecular weight excluding hydrogens is 274 g/mol. The molecule has 1 aromatic heterocycles. The monoisotopic (exact) mass is 281 g/mol. The van der Waals surface area contributed by atoms with Crippen LogP contribution in [0.3, 0.4) is 0 Å². The molecule has 0 aliphatic carbocycles. The Morgan fingerprint density at radius 1 is 1.44 bits per heavy atom. The van der Waals surface area contributed by atoms with Crippen molar-refractivity contribution in [2.45, 2.75) is 6.92 Å². The summed E-state index contributed by atoms with van der Waals surface area (Å²) in [6.45, 7) is 1.93. The first-order valence-corrected chi connectivity index (χ1v) is 5.34. The van der Waals surface area contributed by atoms with Crippen molar-refractivity contribution in [2.24, 2.45) is 0 Å². The molecule has 0 bridgehead atoms. The first-order chi connectivity index (χ1) is 7.58. The number of nitrogens with zero attached hydrogens (tertiary/aromatic N) is 1. The van der Waals surface area contributed by atoms with Crippen LogP contribution in [0.4, 0.5) is 0 Å². The highest BCUT2D eigenvalue weighted by Crippen LogP contribution is 2.25. The summed E-state index contributed by atoms with van der Waals surface area (Å²) in [4.78, 5) is 10.6. The molecule has 0 spiro atoms.